The Bertz CT molecular complexity index is 2840. The van der Waals surface area contributed by atoms with Crippen molar-refractivity contribution in [1.82, 2.24) is 23.9 Å². The van der Waals surface area contributed by atoms with Crippen molar-refractivity contribution in [3.63, 3.8) is 0 Å². The van der Waals surface area contributed by atoms with Crippen LogP contribution in [0.5, 0.6) is 0 Å². The molecular weight excluding hydrogens is 600 g/mol. The van der Waals surface area contributed by atoms with E-state index in [1.54, 1.807) is 24.3 Å². The highest BCUT2D eigenvalue weighted by atomic mass is 19.1. The van der Waals surface area contributed by atoms with Crippen LogP contribution < -0.4 is 0 Å². The van der Waals surface area contributed by atoms with Crippen LogP contribution in [0.25, 0.3) is 88.6 Å². The monoisotopic (exact) mass is 623 g/mol. The first kappa shape index (κ1) is 26.7. The van der Waals surface area contributed by atoms with Crippen molar-refractivity contribution in [3.05, 3.63) is 151 Å². The number of para-hydroxylation sites is 3. The van der Waals surface area contributed by atoms with Crippen LogP contribution in [0, 0.1) is 11.6 Å². The summed E-state index contributed by atoms with van der Waals surface area (Å²) in [6, 6.07) is 43.6. The Morgan fingerprint density at radius 1 is 0.458 bits per heavy atom. The van der Waals surface area contributed by atoms with Gasteiger partial charge in [0.2, 0.25) is 5.95 Å². The Hall–Kier alpha value is -6.47. The van der Waals surface area contributed by atoms with Gasteiger partial charge in [0, 0.05) is 32.7 Å². The number of rotatable bonds is 3. The third-order valence-corrected chi connectivity index (χ3v) is 9.25. The second-order valence-electron chi connectivity index (χ2n) is 12.0. The van der Waals surface area contributed by atoms with E-state index in [4.69, 9.17) is 15.0 Å². The number of aromatic nitrogens is 5. The first-order valence-corrected chi connectivity index (χ1v) is 15.7. The van der Waals surface area contributed by atoms with Crippen LogP contribution in [0.3, 0.4) is 0 Å². The second-order valence-corrected chi connectivity index (χ2v) is 12.0. The zero-order valence-corrected chi connectivity index (χ0v) is 25.3. The van der Waals surface area contributed by atoms with Gasteiger partial charge in [-0.05, 0) is 84.2 Å². The molecule has 226 valence electrons. The molecule has 0 spiro atoms. The molecule has 0 saturated heterocycles. The molecule has 0 bridgehead atoms. The Balaban J connectivity index is 1.37. The Morgan fingerprint density at radius 3 is 1.73 bits per heavy atom. The molecule has 0 atom stereocenters. The van der Waals surface area contributed by atoms with Crippen molar-refractivity contribution in [1.29, 1.82) is 0 Å². The zero-order chi connectivity index (χ0) is 31.9. The average Bonchev–Trinajstić information content (AvgIpc) is 3.69. The fourth-order valence-corrected chi connectivity index (χ4v) is 7.12. The van der Waals surface area contributed by atoms with Crippen molar-refractivity contribution < 1.29 is 8.78 Å². The minimum absolute atomic E-state index is 0.327. The number of hydrogen-bond acceptors (Lipinski definition) is 3. The number of halogens is 2. The van der Waals surface area contributed by atoms with Crippen LogP contribution in [0.4, 0.5) is 8.78 Å². The maximum Gasteiger partial charge on any atom is 0.235 e. The van der Waals surface area contributed by atoms with Gasteiger partial charge in [-0.1, -0.05) is 60.7 Å². The molecule has 0 amide bonds. The summed E-state index contributed by atoms with van der Waals surface area (Å²) in [6.07, 6.45) is 0. The summed E-state index contributed by atoms with van der Waals surface area (Å²) in [6.45, 7) is 0. The molecule has 10 rings (SSSR count). The SMILES string of the molecule is Fc1ccc(-c2cc(-c3ccc(F)cc3)nc(-n3c4ccccc4c4c3ccc3c5ccccc5c5nc6ccccc6n5c34)n2)cc1. The molecule has 0 fully saturated rings. The molecule has 7 heteroatoms. The highest BCUT2D eigenvalue weighted by molar-refractivity contribution is 6.26. The number of pyridine rings is 1. The van der Waals surface area contributed by atoms with E-state index in [-0.39, 0.29) is 11.6 Å². The van der Waals surface area contributed by atoms with Crippen molar-refractivity contribution >= 4 is 60.2 Å². The summed E-state index contributed by atoms with van der Waals surface area (Å²) in [5.41, 5.74) is 8.51. The molecule has 6 aromatic carbocycles. The van der Waals surface area contributed by atoms with E-state index >= 15 is 0 Å². The topological polar surface area (TPSA) is 48.0 Å². The van der Waals surface area contributed by atoms with E-state index < -0.39 is 0 Å². The van der Waals surface area contributed by atoms with Crippen LogP contribution in [-0.4, -0.2) is 23.9 Å². The molecule has 5 nitrogen and oxygen atoms in total. The average molecular weight is 624 g/mol. The summed E-state index contributed by atoms with van der Waals surface area (Å²) in [5.74, 6) is -0.201. The van der Waals surface area contributed by atoms with Gasteiger partial charge in [0.1, 0.15) is 17.3 Å². The molecule has 0 saturated carbocycles. The molecule has 0 aliphatic heterocycles. The van der Waals surface area contributed by atoms with Crippen LogP contribution >= 0.6 is 0 Å². The Kier molecular flexibility index (Phi) is 5.57. The lowest BCUT2D eigenvalue weighted by molar-refractivity contribution is 0.627. The van der Waals surface area contributed by atoms with Crippen molar-refractivity contribution in [2.75, 3.05) is 0 Å². The highest BCUT2D eigenvalue weighted by Crippen LogP contribution is 2.41. The van der Waals surface area contributed by atoms with Crippen LogP contribution in [-0.2, 0) is 0 Å². The standard InChI is InChI=1S/C41H23F2N5/c42-26-17-13-24(14-18-26)33-23-34(25-15-19-27(43)20-16-25)46-41(45-33)47-35-11-5-3-9-31(35)38-37(47)22-21-29-28-7-1-2-8-30(28)40-44-32-10-4-6-12-36(32)48(40)39(29)38/h1-23H. The number of imidazole rings is 1. The van der Waals surface area contributed by atoms with Gasteiger partial charge < -0.3 is 0 Å². The molecule has 0 radical (unpaired) electrons. The number of benzene rings is 6. The van der Waals surface area contributed by atoms with Gasteiger partial charge in [0.25, 0.3) is 0 Å². The van der Waals surface area contributed by atoms with Gasteiger partial charge >= 0.3 is 0 Å². The number of fused-ring (bicyclic) bond motifs is 12. The third kappa shape index (κ3) is 3.85. The van der Waals surface area contributed by atoms with Gasteiger partial charge in [0.15, 0.2) is 0 Å². The van der Waals surface area contributed by atoms with Crippen LogP contribution in [0.1, 0.15) is 0 Å². The largest absolute Gasteiger partial charge is 0.291 e. The number of nitrogens with zero attached hydrogens (tertiary/aromatic N) is 5. The lowest BCUT2D eigenvalue weighted by Crippen LogP contribution is -2.04. The molecule has 0 unspecified atom stereocenters. The van der Waals surface area contributed by atoms with Gasteiger partial charge in [-0.25, -0.2) is 23.7 Å². The summed E-state index contributed by atoms with van der Waals surface area (Å²) in [4.78, 5) is 15.3. The van der Waals surface area contributed by atoms with Gasteiger partial charge in [-0.15, -0.1) is 0 Å². The first-order valence-electron chi connectivity index (χ1n) is 15.7. The second kappa shape index (κ2) is 10.0. The van der Waals surface area contributed by atoms with E-state index in [2.05, 4.69) is 75.7 Å². The quantitative estimate of drug-likeness (QED) is 0.184. The highest BCUT2D eigenvalue weighted by Gasteiger charge is 2.22. The van der Waals surface area contributed by atoms with E-state index in [0.717, 1.165) is 71.3 Å². The van der Waals surface area contributed by atoms with E-state index in [1.165, 1.54) is 24.3 Å². The van der Waals surface area contributed by atoms with Crippen LogP contribution in [0.2, 0.25) is 0 Å². The molecule has 4 aromatic heterocycles. The van der Waals surface area contributed by atoms with Crippen molar-refractivity contribution in [3.8, 4) is 28.5 Å². The van der Waals surface area contributed by atoms with Gasteiger partial charge in [-0.3, -0.25) is 8.97 Å². The lowest BCUT2D eigenvalue weighted by atomic mass is 10.0. The fraction of sp³-hybridized carbons (Fsp3) is 0. The molecule has 0 aliphatic rings. The Morgan fingerprint density at radius 2 is 1.04 bits per heavy atom. The summed E-state index contributed by atoms with van der Waals surface area (Å²) in [7, 11) is 0. The molecule has 0 aliphatic carbocycles. The minimum atomic E-state index is -0.327. The maximum atomic E-state index is 14.0. The van der Waals surface area contributed by atoms with Crippen molar-refractivity contribution in [2.45, 2.75) is 0 Å². The van der Waals surface area contributed by atoms with Crippen molar-refractivity contribution in [2.24, 2.45) is 0 Å². The summed E-state index contributed by atoms with van der Waals surface area (Å²) in [5, 5.41) is 5.43. The Labute approximate surface area is 272 Å². The summed E-state index contributed by atoms with van der Waals surface area (Å²) >= 11 is 0. The van der Waals surface area contributed by atoms with E-state index in [1.807, 2.05) is 24.3 Å². The minimum Gasteiger partial charge on any atom is -0.291 e. The first-order chi connectivity index (χ1) is 23.6. The normalized spacial score (nSPS) is 12.0. The molecule has 48 heavy (non-hydrogen) atoms. The zero-order valence-electron chi connectivity index (χ0n) is 25.3. The maximum absolute atomic E-state index is 14.0. The molecule has 0 N–H and O–H groups in total. The van der Waals surface area contributed by atoms with Crippen LogP contribution in [0.15, 0.2) is 140 Å². The van der Waals surface area contributed by atoms with E-state index in [9.17, 15) is 8.78 Å². The third-order valence-electron chi connectivity index (χ3n) is 9.25. The number of hydrogen-bond donors (Lipinski definition) is 0. The molecular formula is C41H23F2N5. The predicted molar refractivity (Wildman–Crippen MR) is 188 cm³/mol. The van der Waals surface area contributed by atoms with Gasteiger partial charge in [-0.2, -0.15) is 0 Å². The predicted octanol–water partition coefficient (Wildman–Crippen LogP) is 10.3. The smallest absolute Gasteiger partial charge is 0.235 e. The molecule has 4 heterocycles. The van der Waals surface area contributed by atoms with Gasteiger partial charge in [0.05, 0.1) is 39.0 Å². The van der Waals surface area contributed by atoms with E-state index in [0.29, 0.717) is 17.3 Å². The lowest BCUT2D eigenvalue weighted by Gasteiger charge is -2.13. The summed E-state index contributed by atoms with van der Waals surface area (Å²) < 4.78 is 32.3. The fourth-order valence-electron chi connectivity index (χ4n) is 7.12. The molecule has 10 aromatic rings.